The number of rotatable bonds is 7. The number of benzene rings is 11. The maximum Gasteiger partial charge on any atom is 0.143 e. The highest BCUT2D eigenvalue weighted by Gasteiger charge is 2.18. The molecular weight excluding hydrogens is 789 g/mol. The predicted octanol–water partition coefficient (Wildman–Crippen LogP) is 17.5. The van der Waals surface area contributed by atoms with Gasteiger partial charge in [0.25, 0.3) is 0 Å². The van der Waals surface area contributed by atoms with Gasteiger partial charge in [0.2, 0.25) is 0 Å². The van der Waals surface area contributed by atoms with Gasteiger partial charge >= 0.3 is 0 Å². The van der Waals surface area contributed by atoms with E-state index in [1.54, 1.807) is 0 Å². The zero-order valence-corrected chi connectivity index (χ0v) is 35.4. The average molecular weight is 829 g/mol. The van der Waals surface area contributed by atoms with Gasteiger partial charge < -0.3 is 13.9 Å². The Morgan fingerprint density at radius 2 is 0.862 bits per heavy atom. The standard InChI is InChI=1S/C62H40N2O/c1-2-15-50-43(12-1)32-39-54-51(19-10-21-53(50)54)45-13-9-14-49(40-45)63(47-37-30-44(31-38-47)52-20-11-22-58-57-18-5-8-25-61(57)65-62(52)58)46-33-26-41(27-34-46)42-28-35-48(36-29-42)64-59-23-6-3-16-55(59)56-17-4-7-24-60(56)64/h1-40H. The molecule has 0 N–H and O–H groups in total. The summed E-state index contributed by atoms with van der Waals surface area (Å²) in [6.07, 6.45) is 0. The maximum absolute atomic E-state index is 6.46. The van der Waals surface area contributed by atoms with E-state index in [1.165, 1.54) is 60.0 Å². The normalized spacial score (nSPS) is 11.7. The highest BCUT2D eigenvalue weighted by molar-refractivity contribution is 6.13. The molecule has 0 atom stereocenters. The summed E-state index contributed by atoms with van der Waals surface area (Å²) in [6.45, 7) is 0. The summed E-state index contributed by atoms with van der Waals surface area (Å²) in [5.41, 5.74) is 15.5. The Bertz CT molecular complexity index is 3880. The SMILES string of the molecule is c1cc(-c2cccc3c2ccc2ccccc23)cc(N(c2ccc(-c3ccc(-n4c5ccccc5c5ccccc54)cc3)cc2)c2ccc(-c3cccc4c3oc3ccccc34)cc2)c1. The van der Waals surface area contributed by atoms with Gasteiger partial charge in [-0.05, 0) is 116 Å². The molecule has 11 aromatic carbocycles. The molecule has 65 heavy (non-hydrogen) atoms. The minimum Gasteiger partial charge on any atom is -0.455 e. The topological polar surface area (TPSA) is 21.3 Å². The molecule has 2 aromatic heterocycles. The summed E-state index contributed by atoms with van der Waals surface area (Å²) < 4.78 is 8.83. The van der Waals surface area contributed by atoms with Crippen molar-refractivity contribution in [1.82, 2.24) is 4.57 Å². The van der Waals surface area contributed by atoms with Crippen LogP contribution in [0.2, 0.25) is 0 Å². The van der Waals surface area contributed by atoms with Crippen molar-refractivity contribution in [2.75, 3.05) is 4.90 Å². The van der Waals surface area contributed by atoms with Crippen LogP contribution in [0.25, 0.3) is 104 Å². The van der Waals surface area contributed by atoms with Crippen LogP contribution >= 0.6 is 0 Å². The van der Waals surface area contributed by atoms with E-state index >= 15 is 0 Å². The van der Waals surface area contributed by atoms with E-state index in [0.717, 1.165) is 61.4 Å². The molecule has 0 radical (unpaired) electrons. The van der Waals surface area contributed by atoms with Gasteiger partial charge in [0.1, 0.15) is 11.2 Å². The summed E-state index contributed by atoms with van der Waals surface area (Å²) in [5.74, 6) is 0. The van der Waals surface area contributed by atoms with E-state index in [1.807, 2.05) is 12.1 Å². The molecule has 2 heterocycles. The van der Waals surface area contributed by atoms with Crippen molar-refractivity contribution in [3.8, 4) is 39.1 Å². The van der Waals surface area contributed by atoms with Gasteiger partial charge in [-0.15, -0.1) is 0 Å². The molecule has 13 rings (SSSR count). The van der Waals surface area contributed by atoms with Gasteiger partial charge in [0.15, 0.2) is 0 Å². The number of anilines is 3. The molecule has 0 aliphatic heterocycles. The van der Waals surface area contributed by atoms with Crippen molar-refractivity contribution in [2.45, 2.75) is 0 Å². The minimum atomic E-state index is 0.902. The maximum atomic E-state index is 6.46. The minimum absolute atomic E-state index is 0.902. The first-order chi connectivity index (χ1) is 32.2. The van der Waals surface area contributed by atoms with Gasteiger partial charge in [0, 0.05) is 49.9 Å². The van der Waals surface area contributed by atoms with Crippen LogP contribution in [0.3, 0.4) is 0 Å². The summed E-state index contributed by atoms with van der Waals surface area (Å²) in [7, 11) is 0. The number of fused-ring (bicyclic) bond motifs is 9. The first kappa shape index (κ1) is 36.9. The zero-order valence-electron chi connectivity index (χ0n) is 35.4. The largest absolute Gasteiger partial charge is 0.455 e. The molecule has 0 amide bonds. The lowest BCUT2D eigenvalue weighted by Crippen LogP contribution is -2.10. The molecule has 0 aliphatic carbocycles. The van der Waals surface area contributed by atoms with E-state index in [0.29, 0.717) is 0 Å². The van der Waals surface area contributed by atoms with Crippen LogP contribution in [0.15, 0.2) is 247 Å². The highest BCUT2D eigenvalue weighted by atomic mass is 16.3. The van der Waals surface area contributed by atoms with Crippen molar-refractivity contribution in [3.63, 3.8) is 0 Å². The summed E-state index contributed by atoms with van der Waals surface area (Å²) >= 11 is 0. The van der Waals surface area contributed by atoms with Crippen molar-refractivity contribution in [3.05, 3.63) is 243 Å². The molecule has 3 heteroatoms. The lowest BCUT2D eigenvalue weighted by atomic mass is 9.94. The Balaban J connectivity index is 0.896. The fourth-order valence-electron chi connectivity index (χ4n) is 10.1. The first-order valence-electron chi connectivity index (χ1n) is 22.2. The van der Waals surface area contributed by atoms with Crippen molar-refractivity contribution in [1.29, 1.82) is 0 Å². The lowest BCUT2D eigenvalue weighted by molar-refractivity contribution is 0.670. The second-order valence-corrected chi connectivity index (χ2v) is 16.9. The Labute approximate surface area is 376 Å². The third kappa shape index (κ3) is 6.12. The van der Waals surface area contributed by atoms with E-state index < -0.39 is 0 Å². The second kappa shape index (κ2) is 15.0. The fourth-order valence-corrected chi connectivity index (χ4v) is 10.1. The van der Waals surface area contributed by atoms with Crippen molar-refractivity contribution in [2.24, 2.45) is 0 Å². The summed E-state index contributed by atoms with van der Waals surface area (Å²) in [6, 6.07) is 87.7. The Morgan fingerprint density at radius 1 is 0.308 bits per heavy atom. The van der Waals surface area contributed by atoms with Gasteiger partial charge in [0.05, 0.1) is 11.0 Å². The molecule has 0 bridgehead atoms. The van der Waals surface area contributed by atoms with Gasteiger partial charge in [-0.1, -0.05) is 176 Å². The third-order valence-corrected chi connectivity index (χ3v) is 13.2. The molecule has 0 unspecified atom stereocenters. The van der Waals surface area contributed by atoms with Crippen molar-refractivity contribution >= 4 is 82.4 Å². The number of para-hydroxylation sites is 4. The Kier molecular flexibility index (Phi) is 8.53. The van der Waals surface area contributed by atoms with Gasteiger partial charge in [-0.25, -0.2) is 0 Å². The quantitative estimate of drug-likeness (QED) is 0.149. The van der Waals surface area contributed by atoms with Crippen LogP contribution in [-0.2, 0) is 0 Å². The fraction of sp³-hybridized carbons (Fsp3) is 0. The number of aromatic nitrogens is 1. The second-order valence-electron chi connectivity index (χ2n) is 16.9. The van der Waals surface area contributed by atoms with Crippen LogP contribution < -0.4 is 4.90 Å². The third-order valence-electron chi connectivity index (χ3n) is 13.2. The van der Waals surface area contributed by atoms with E-state index in [9.17, 15) is 0 Å². The monoisotopic (exact) mass is 828 g/mol. The molecule has 304 valence electrons. The number of hydrogen-bond donors (Lipinski definition) is 0. The zero-order chi connectivity index (χ0) is 42.8. The number of furan rings is 1. The Hall–Kier alpha value is -8.66. The Morgan fingerprint density at radius 3 is 1.58 bits per heavy atom. The van der Waals surface area contributed by atoms with E-state index in [-0.39, 0.29) is 0 Å². The molecule has 0 fully saturated rings. The van der Waals surface area contributed by atoms with Gasteiger partial charge in [-0.2, -0.15) is 0 Å². The van der Waals surface area contributed by atoms with Gasteiger partial charge in [-0.3, -0.25) is 0 Å². The summed E-state index contributed by atoms with van der Waals surface area (Å²) in [5, 5.41) is 9.81. The van der Waals surface area contributed by atoms with Crippen LogP contribution in [-0.4, -0.2) is 4.57 Å². The summed E-state index contributed by atoms with van der Waals surface area (Å²) in [4.78, 5) is 2.37. The molecule has 0 aliphatic rings. The number of nitrogens with zero attached hydrogens (tertiary/aromatic N) is 2. The highest BCUT2D eigenvalue weighted by Crippen LogP contribution is 2.42. The molecule has 13 aromatic rings. The van der Waals surface area contributed by atoms with Crippen LogP contribution in [0.4, 0.5) is 17.1 Å². The molecule has 0 saturated heterocycles. The van der Waals surface area contributed by atoms with E-state index in [4.69, 9.17) is 4.42 Å². The lowest BCUT2D eigenvalue weighted by Gasteiger charge is -2.26. The molecule has 0 saturated carbocycles. The number of hydrogen-bond acceptors (Lipinski definition) is 2. The van der Waals surface area contributed by atoms with Crippen molar-refractivity contribution < 1.29 is 4.42 Å². The molecule has 3 nitrogen and oxygen atoms in total. The van der Waals surface area contributed by atoms with E-state index in [2.05, 4.69) is 240 Å². The van der Waals surface area contributed by atoms with Crippen LogP contribution in [0, 0.1) is 0 Å². The van der Waals surface area contributed by atoms with Crippen LogP contribution in [0.1, 0.15) is 0 Å². The predicted molar refractivity (Wildman–Crippen MR) is 274 cm³/mol. The first-order valence-corrected chi connectivity index (χ1v) is 22.2. The van der Waals surface area contributed by atoms with Crippen LogP contribution in [0.5, 0.6) is 0 Å². The average Bonchev–Trinajstić information content (AvgIpc) is 3.93. The molecular formula is C62H40N2O. The molecule has 0 spiro atoms. The smallest absolute Gasteiger partial charge is 0.143 e.